The maximum atomic E-state index is 12.8. The molecule has 1 unspecified atom stereocenters. The van der Waals surface area contributed by atoms with Crippen LogP contribution in [0.15, 0.2) is 36.4 Å². The zero-order chi connectivity index (χ0) is 19.4. The molecule has 13 heteroatoms. The normalized spacial score (nSPS) is 19.4. The minimum atomic E-state index is -5.87. The largest absolute Gasteiger partial charge is 0.534 e. The van der Waals surface area contributed by atoms with E-state index in [2.05, 4.69) is 4.18 Å². The molecule has 2 aromatic carbocycles. The maximum absolute atomic E-state index is 12.8. The van der Waals surface area contributed by atoms with Crippen LogP contribution >= 0.6 is 8.46 Å². The summed E-state index contributed by atoms with van der Waals surface area (Å²) in [6.07, 6.45) is 0. The quantitative estimate of drug-likeness (QED) is 0.368. The minimum absolute atomic E-state index is 0. The second kappa shape index (κ2) is 8.98. The fourth-order valence-electron chi connectivity index (χ4n) is 3.39. The summed E-state index contributed by atoms with van der Waals surface area (Å²) in [4.78, 5) is 0. The van der Waals surface area contributed by atoms with Crippen LogP contribution in [-0.4, -0.2) is 27.1 Å². The van der Waals surface area contributed by atoms with Crippen molar-refractivity contribution in [2.24, 2.45) is 0 Å². The number of rotatable bonds is 3. The van der Waals surface area contributed by atoms with Crippen LogP contribution in [0.5, 0.6) is 17.2 Å². The van der Waals surface area contributed by atoms with Gasteiger partial charge in [-0.15, -0.1) is 0 Å². The van der Waals surface area contributed by atoms with Gasteiger partial charge in [0.2, 0.25) is 0 Å². The van der Waals surface area contributed by atoms with Crippen molar-refractivity contribution in [2.45, 2.75) is 10.9 Å². The van der Waals surface area contributed by atoms with Gasteiger partial charge in [0.05, 0.1) is 10.9 Å². The van der Waals surface area contributed by atoms with Crippen molar-refractivity contribution in [3.05, 3.63) is 47.5 Å². The zero-order valence-corrected chi connectivity index (χ0v) is 17.1. The van der Waals surface area contributed by atoms with Crippen molar-refractivity contribution in [1.82, 2.24) is 0 Å². The number of hydrogen-bond donors (Lipinski definition) is 0. The molecular weight excluding hydrogens is 488 g/mol. The fourth-order valence-corrected chi connectivity index (χ4v) is 4.42. The molecule has 158 valence electrons. The van der Waals surface area contributed by atoms with E-state index in [1.165, 1.54) is 12.1 Å². The average Bonchev–Trinajstić information content (AvgIpc) is 3.17. The standard InChI is InChI=1S/C16H10F3O6PS.2Ar/c17-16(18,19)27(21,22)25-11-5-1-3-9-13(11)15(7-23-9)8-24-10-4-2-6-12(26-20)14(10)15;;/h1-6H,7-8H2;;. The van der Waals surface area contributed by atoms with Crippen LogP contribution in [0.3, 0.4) is 0 Å². The average molecular weight is 498 g/mol. The predicted octanol–water partition coefficient (Wildman–Crippen LogP) is 2.90. The Morgan fingerprint density at radius 2 is 1.52 bits per heavy atom. The fraction of sp³-hybridized carbons (Fsp3) is 0.250. The van der Waals surface area contributed by atoms with E-state index in [0.717, 1.165) is 6.07 Å². The van der Waals surface area contributed by atoms with E-state index in [4.69, 9.17) is 9.47 Å². The molecule has 29 heavy (non-hydrogen) atoms. The number of ether oxygens (including phenoxy) is 2. The molecule has 0 saturated heterocycles. The molecule has 0 aliphatic carbocycles. The van der Waals surface area contributed by atoms with Gasteiger partial charge in [0, 0.05) is 81.0 Å². The van der Waals surface area contributed by atoms with Crippen molar-refractivity contribution in [1.29, 1.82) is 0 Å². The van der Waals surface area contributed by atoms with E-state index < -0.39 is 26.8 Å². The summed E-state index contributed by atoms with van der Waals surface area (Å²) < 4.78 is 88.6. The van der Waals surface area contributed by atoms with Gasteiger partial charge < -0.3 is 13.7 Å². The summed E-state index contributed by atoms with van der Waals surface area (Å²) in [6, 6.07) is 8.78. The molecule has 0 fully saturated rings. The third-order valence-corrected chi connectivity index (χ3v) is 6.01. The van der Waals surface area contributed by atoms with Gasteiger partial charge >= 0.3 is 15.6 Å². The number of halogens is 3. The monoisotopic (exact) mass is 498 g/mol. The second-order valence-corrected chi connectivity index (χ2v) is 8.22. The van der Waals surface area contributed by atoms with Crippen LogP contribution in [0.25, 0.3) is 0 Å². The Balaban J connectivity index is 0.00000150. The van der Waals surface area contributed by atoms with E-state index >= 15 is 0 Å². The molecule has 0 radical (unpaired) electrons. The third kappa shape index (κ3) is 4.16. The van der Waals surface area contributed by atoms with Crippen molar-refractivity contribution in [3.63, 3.8) is 0 Å². The van der Waals surface area contributed by atoms with Gasteiger partial charge in [-0.2, -0.15) is 21.6 Å². The van der Waals surface area contributed by atoms with Gasteiger partial charge in [-0.3, -0.25) is 4.57 Å². The van der Waals surface area contributed by atoms with Crippen LogP contribution in [0.4, 0.5) is 13.2 Å². The Bertz CT molecular complexity index is 1060. The molecule has 0 amide bonds. The Morgan fingerprint density at radius 3 is 2.07 bits per heavy atom. The topological polar surface area (TPSA) is 78.9 Å². The first-order valence-corrected chi connectivity index (χ1v) is 9.78. The van der Waals surface area contributed by atoms with E-state index in [1.807, 2.05) is 0 Å². The molecule has 0 bridgehead atoms. The Hall–Kier alpha value is 0.199. The van der Waals surface area contributed by atoms with Crippen LogP contribution in [0.2, 0.25) is 0 Å². The number of alkyl halides is 3. The first kappa shape index (κ1) is 25.5. The number of benzene rings is 2. The zero-order valence-electron chi connectivity index (χ0n) is 14.0. The van der Waals surface area contributed by atoms with Gasteiger partial charge in [0.15, 0.2) is 14.2 Å². The second-order valence-electron chi connectivity index (χ2n) is 6.01. The molecule has 2 heterocycles. The van der Waals surface area contributed by atoms with Gasteiger partial charge in [-0.05, 0) is 24.3 Å². The summed E-state index contributed by atoms with van der Waals surface area (Å²) >= 11 is 0. The smallest absolute Gasteiger partial charge is 0.492 e. The molecule has 0 N–H and O–H groups in total. The Morgan fingerprint density at radius 1 is 0.966 bits per heavy atom. The van der Waals surface area contributed by atoms with Crippen molar-refractivity contribution in [2.75, 3.05) is 13.2 Å². The van der Waals surface area contributed by atoms with E-state index in [0.29, 0.717) is 16.6 Å². The maximum Gasteiger partial charge on any atom is 0.534 e. The van der Waals surface area contributed by atoms with Crippen molar-refractivity contribution in [3.8, 4) is 17.2 Å². The SMILES string of the molecule is O=Pc1cccc2c1C1(COc3cccc(OS(=O)(=O)C(F)(F)F)c31)CO2.[Ar].[Ar]. The molecule has 2 aliphatic rings. The molecule has 6 nitrogen and oxygen atoms in total. The molecule has 2 aromatic rings. The van der Waals surface area contributed by atoms with Crippen molar-refractivity contribution >= 4 is 23.9 Å². The van der Waals surface area contributed by atoms with E-state index in [-0.39, 0.29) is 108 Å². The molecule has 4 rings (SSSR count). The third-order valence-electron chi connectivity index (χ3n) is 4.48. The summed E-state index contributed by atoms with van der Waals surface area (Å²) in [6.45, 7) is -0.0391. The molecule has 1 spiro atoms. The summed E-state index contributed by atoms with van der Waals surface area (Å²) in [5.74, 6) is 0.0793. The number of fused-ring (bicyclic) bond motifs is 4. The minimum Gasteiger partial charge on any atom is -0.492 e. The van der Waals surface area contributed by atoms with Crippen LogP contribution in [-0.2, 0) is 20.1 Å². The molecule has 0 saturated carbocycles. The molecule has 0 aromatic heterocycles. The van der Waals surface area contributed by atoms with Gasteiger partial charge in [-0.1, -0.05) is 12.1 Å². The molecule has 2 aliphatic heterocycles. The first-order valence-electron chi connectivity index (χ1n) is 7.56. The predicted molar refractivity (Wildman–Crippen MR) is 87.5 cm³/mol. The van der Waals surface area contributed by atoms with E-state index in [1.54, 1.807) is 18.2 Å². The molecular formula is C16H10Ar2F3O6PS. The summed E-state index contributed by atoms with van der Waals surface area (Å²) in [5, 5.41) is 0.370. The Labute approximate surface area is 225 Å². The number of hydrogen-bond acceptors (Lipinski definition) is 6. The van der Waals surface area contributed by atoms with Gasteiger partial charge in [0.1, 0.15) is 30.1 Å². The van der Waals surface area contributed by atoms with Crippen LogP contribution < -0.4 is 19.0 Å². The molecule has 1 atom stereocenters. The van der Waals surface area contributed by atoms with Gasteiger partial charge in [-0.25, -0.2) is 0 Å². The Kier molecular flexibility index (Phi) is 7.88. The van der Waals surface area contributed by atoms with Crippen molar-refractivity contribution < 1.29 is 115 Å². The summed E-state index contributed by atoms with van der Waals surface area (Å²) in [5.41, 5.74) is -6.12. The summed E-state index contributed by atoms with van der Waals surface area (Å²) in [7, 11) is -6.19. The van der Waals surface area contributed by atoms with E-state index in [9.17, 15) is 26.2 Å². The van der Waals surface area contributed by atoms with Crippen LogP contribution in [0, 0.1) is 75.5 Å². The van der Waals surface area contributed by atoms with Crippen LogP contribution in [0.1, 0.15) is 11.1 Å². The first-order chi connectivity index (χ1) is 12.7. The van der Waals surface area contributed by atoms with Gasteiger partial charge in [0.25, 0.3) is 0 Å².